The van der Waals surface area contributed by atoms with Crippen molar-refractivity contribution in [2.24, 2.45) is 5.73 Å². The lowest BCUT2D eigenvalue weighted by Gasteiger charge is -2.24. The third-order valence-electron chi connectivity index (χ3n) is 3.92. The van der Waals surface area contributed by atoms with Gasteiger partial charge in [0.2, 0.25) is 5.91 Å². The first-order valence-electron chi connectivity index (χ1n) is 7.62. The van der Waals surface area contributed by atoms with E-state index in [0.29, 0.717) is 12.6 Å². The van der Waals surface area contributed by atoms with Crippen LogP contribution in [0.25, 0.3) is 0 Å². The van der Waals surface area contributed by atoms with Crippen LogP contribution in [0.4, 0.5) is 0 Å². The lowest BCUT2D eigenvalue weighted by atomic mass is 9.95. The second kappa shape index (κ2) is 7.38. The summed E-state index contributed by atoms with van der Waals surface area (Å²) in [6.45, 7) is 2.50. The van der Waals surface area contributed by atoms with E-state index in [4.69, 9.17) is 5.73 Å². The van der Waals surface area contributed by atoms with Crippen LogP contribution in [0.3, 0.4) is 0 Å². The highest BCUT2D eigenvalue weighted by Crippen LogP contribution is 2.18. The molecule has 0 saturated heterocycles. The summed E-state index contributed by atoms with van der Waals surface area (Å²) in [6.07, 6.45) is 9.46. The Balaban J connectivity index is 1.87. The first-order valence-corrected chi connectivity index (χ1v) is 7.62. The molecule has 1 aromatic rings. The van der Waals surface area contributed by atoms with Crippen molar-refractivity contribution in [1.82, 2.24) is 20.3 Å². The van der Waals surface area contributed by atoms with Gasteiger partial charge in [-0.05, 0) is 39.2 Å². The molecule has 1 saturated carbocycles. The number of aromatic nitrogens is 3. The minimum Gasteiger partial charge on any atom is -0.352 e. The number of rotatable bonds is 6. The van der Waals surface area contributed by atoms with Crippen LogP contribution in [-0.4, -0.2) is 33.5 Å². The van der Waals surface area contributed by atoms with Crippen molar-refractivity contribution >= 4 is 5.91 Å². The zero-order valence-electron chi connectivity index (χ0n) is 12.2. The number of hydrogen-bond acceptors (Lipinski definition) is 4. The molecule has 112 valence electrons. The summed E-state index contributed by atoms with van der Waals surface area (Å²) in [5, 5.41) is 11.3. The number of amides is 1. The van der Waals surface area contributed by atoms with Crippen molar-refractivity contribution in [1.29, 1.82) is 0 Å². The van der Waals surface area contributed by atoms with Gasteiger partial charge in [0.25, 0.3) is 0 Å². The van der Waals surface area contributed by atoms with Crippen LogP contribution in [0, 0.1) is 0 Å². The molecule has 6 heteroatoms. The van der Waals surface area contributed by atoms with Gasteiger partial charge in [-0.2, -0.15) is 0 Å². The molecule has 1 amide bonds. The van der Waals surface area contributed by atoms with Crippen LogP contribution in [0.2, 0.25) is 0 Å². The van der Waals surface area contributed by atoms with E-state index in [9.17, 15) is 4.79 Å². The monoisotopic (exact) mass is 279 g/mol. The molecule has 2 rings (SSSR count). The summed E-state index contributed by atoms with van der Waals surface area (Å²) in [5.74, 6) is 0.0344. The molecule has 6 nitrogen and oxygen atoms in total. The summed E-state index contributed by atoms with van der Waals surface area (Å²) < 4.78 is 1.64. The number of aryl methyl sites for hydroxylation is 1. The first-order chi connectivity index (χ1) is 9.70. The fraction of sp³-hybridized carbons (Fsp3) is 0.786. The van der Waals surface area contributed by atoms with Gasteiger partial charge in [0.15, 0.2) is 0 Å². The normalized spacial score (nSPS) is 17.9. The topological polar surface area (TPSA) is 85.8 Å². The van der Waals surface area contributed by atoms with E-state index >= 15 is 0 Å². The minimum absolute atomic E-state index is 0.0344. The summed E-state index contributed by atoms with van der Waals surface area (Å²) >= 11 is 0. The van der Waals surface area contributed by atoms with Crippen molar-refractivity contribution in [3.8, 4) is 0 Å². The van der Waals surface area contributed by atoms with Crippen molar-refractivity contribution in [3.05, 3.63) is 11.9 Å². The number of nitrogens with two attached hydrogens (primary N) is 1. The standard InChI is InChI=1S/C14H25N5O/c1-11(14(20)16-12-6-3-2-4-7-12)19-10-13(17-18-19)8-5-9-15/h10-12H,2-9,15H2,1H3,(H,16,20). The lowest BCUT2D eigenvalue weighted by Crippen LogP contribution is -2.40. The largest absolute Gasteiger partial charge is 0.352 e. The molecule has 0 aliphatic heterocycles. The summed E-state index contributed by atoms with van der Waals surface area (Å²) in [7, 11) is 0. The van der Waals surface area contributed by atoms with Crippen molar-refractivity contribution in [2.75, 3.05) is 6.54 Å². The van der Waals surface area contributed by atoms with Gasteiger partial charge in [-0.3, -0.25) is 4.79 Å². The summed E-state index contributed by atoms with van der Waals surface area (Å²) in [4.78, 5) is 12.2. The molecule has 20 heavy (non-hydrogen) atoms. The number of hydrogen-bond donors (Lipinski definition) is 2. The Hall–Kier alpha value is -1.43. The van der Waals surface area contributed by atoms with Crippen LogP contribution in [0.1, 0.15) is 57.2 Å². The fourth-order valence-corrected chi connectivity index (χ4v) is 2.59. The Morgan fingerprint density at radius 1 is 1.50 bits per heavy atom. The van der Waals surface area contributed by atoms with Gasteiger partial charge in [0.05, 0.1) is 5.69 Å². The molecule has 1 heterocycles. The van der Waals surface area contributed by atoms with E-state index in [2.05, 4.69) is 15.6 Å². The summed E-state index contributed by atoms with van der Waals surface area (Å²) in [5.41, 5.74) is 6.37. The molecule has 0 spiro atoms. The van der Waals surface area contributed by atoms with E-state index in [1.165, 1.54) is 19.3 Å². The average molecular weight is 279 g/mol. The van der Waals surface area contributed by atoms with Crippen molar-refractivity contribution in [3.63, 3.8) is 0 Å². The number of nitrogens with one attached hydrogen (secondary N) is 1. The maximum Gasteiger partial charge on any atom is 0.244 e. The third kappa shape index (κ3) is 4.03. The maximum absolute atomic E-state index is 12.2. The molecule has 1 unspecified atom stereocenters. The quantitative estimate of drug-likeness (QED) is 0.818. The number of nitrogens with zero attached hydrogens (tertiary/aromatic N) is 3. The smallest absolute Gasteiger partial charge is 0.244 e. The van der Waals surface area contributed by atoms with Gasteiger partial charge < -0.3 is 11.1 Å². The second-order valence-electron chi connectivity index (χ2n) is 5.60. The fourth-order valence-electron chi connectivity index (χ4n) is 2.59. The van der Waals surface area contributed by atoms with Crippen molar-refractivity contribution < 1.29 is 4.79 Å². The van der Waals surface area contributed by atoms with E-state index < -0.39 is 0 Å². The predicted octanol–water partition coefficient (Wildman–Crippen LogP) is 1.18. The molecule has 1 aliphatic rings. The molecular formula is C14H25N5O. The Morgan fingerprint density at radius 2 is 2.25 bits per heavy atom. The highest BCUT2D eigenvalue weighted by atomic mass is 16.2. The second-order valence-corrected chi connectivity index (χ2v) is 5.60. The van der Waals surface area contributed by atoms with Gasteiger partial charge in [-0.25, -0.2) is 4.68 Å². The van der Waals surface area contributed by atoms with Gasteiger partial charge in [0, 0.05) is 12.2 Å². The maximum atomic E-state index is 12.2. The molecule has 1 aromatic heterocycles. The molecule has 0 bridgehead atoms. The van der Waals surface area contributed by atoms with E-state index in [0.717, 1.165) is 31.4 Å². The number of carbonyl (C=O) groups excluding carboxylic acids is 1. The van der Waals surface area contributed by atoms with E-state index in [-0.39, 0.29) is 11.9 Å². The molecule has 1 fully saturated rings. The van der Waals surface area contributed by atoms with Crippen molar-refractivity contribution in [2.45, 2.75) is 64.0 Å². The molecule has 0 aromatic carbocycles. The molecule has 3 N–H and O–H groups in total. The zero-order valence-corrected chi connectivity index (χ0v) is 12.2. The SMILES string of the molecule is CC(C(=O)NC1CCCCC1)n1cc(CCCN)nn1. The third-order valence-corrected chi connectivity index (χ3v) is 3.92. The Bertz CT molecular complexity index is 425. The highest BCUT2D eigenvalue weighted by molar-refractivity contribution is 5.80. The average Bonchev–Trinajstić information content (AvgIpc) is 2.94. The Kier molecular flexibility index (Phi) is 5.52. The van der Waals surface area contributed by atoms with Gasteiger partial charge in [-0.1, -0.05) is 24.5 Å². The minimum atomic E-state index is -0.309. The van der Waals surface area contributed by atoms with E-state index in [1.807, 2.05) is 13.1 Å². The molecule has 1 aliphatic carbocycles. The van der Waals surface area contributed by atoms with Crippen LogP contribution in [0.15, 0.2) is 6.20 Å². The molecule has 0 radical (unpaired) electrons. The summed E-state index contributed by atoms with van der Waals surface area (Å²) in [6, 6.07) is 0.0231. The van der Waals surface area contributed by atoms with Crippen LogP contribution >= 0.6 is 0 Å². The molecular weight excluding hydrogens is 254 g/mol. The van der Waals surface area contributed by atoms with Crippen LogP contribution in [-0.2, 0) is 11.2 Å². The lowest BCUT2D eigenvalue weighted by molar-refractivity contribution is -0.125. The van der Waals surface area contributed by atoms with Gasteiger partial charge in [-0.15, -0.1) is 5.10 Å². The van der Waals surface area contributed by atoms with Gasteiger partial charge in [0.1, 0.15) is 6.04 Å². The highest BCUT2D eigenvalue weighted by Gasteiger charge is 2.21. The van der Waals surface area contributed by atoms with E-state index in [1.54, 1.807) is 4.68 Å². The van der Waals surface area contributed by atoms with Crippen LogP contribution < -0.4 is 11.1 Å². The van der Waals surface area contributed by atoms with Gasteiger partial charge >= 0.3 is 0 Å². The molecule has 1 atom stereocenters. The first kappa shape index (κ1) is 15.0. The zero-order chi connectivity index (χ0) is 14.4. The number of carbonyl (C=O) groups is 1. The predicted molar refractivity (Wildman–Crippen MR) is 77.1 cm³/mol. The Labute approximate surface area is 120 Å². The Morgan fingerprint density at radius 3 is 2.95 bits per heavy atom. The van der Waals surface area contributed by atoms with Crippen LogP contribution in [0.5, 0.6) is 0 Å².